The molecule has 0 fully saturated rings. The van der Waals surface area contributed by atoms with Crippen LogP contribution < -0.4 is 43.7 Å². The first-order chi connectivity index (χ1) is 42.4. The van der Waals surface area contributed by atoms with Crippen molar-refractivity contribution < 1.29 is 176 Å². The van der Waals surface area contributed by atoms with Crippen molar-refractivity contribution in [3.05, 3.63) is 233 Å². The fourth-order valence-corrected chi connectivity index (χ4v) is 9.75. The number of hydrogen-bond acceptors (Lipinski definition) is 0. The van der Waals surface area contributed by atoms with Gasteiger partial charge in [-0.1, -0.05) is 0 Å². The van der Waals surface area contributed by atoms with Crippen LogP contribution in [0.4, 0.5) is 176 Å². The van der Waals surface area contributed by atoms with Gasteiger partial charge in [-0.2, -0.15) is 0 Å². The number of halogens is 40. The zero-order chi connectivity index (χ0) is 70.7. The van der Waals surface area contributed by atoms with Gasteiger partial charge in [0.1, 0.15) is 105 Å². The summed E-state index contributed by atoms with van der Waals surface area (Å²) in [6.07, 6.45) is -14.4. The topological polar surface area (TPSA) is 0 Å². The van der Waals surface area contributed by atoms with Crippen molar-refractivity contribution >= 4 is 72.3 Å². The number of rotatable bonds is 8. The average Bonchev–Trinajstić information content (AvgIpc) is 0.689. The van der Waals surface area contributed by atoms with E-state index in [2.05, 4.69) is 16.3 Å². The second-order valence-electron chi connectivity index (χ2n) is 17.6. The molecule has 0 saturated heterocycles. The van der Waals surface area contributed by atoms with E-state index in [1.54, 1.807) is 0 Å². The Morgan fingerprint density at radius 1 is 0.109 bits per heavy atom. The molecule has 0 atom stereocenters. The molecule has 0 aliphatic rings. The summed E-state index contributed by atoms with van der Waals surface area (Å²) in [5.74, 6) is -141. The molecule has 0 radical (unpaired) electrons. The monoisotopic (exact) mass is 1400 g/mol. The molecule has 0 aliphatic carbocycles. The summed E-state index contributed by atoms with van der Waals surface area (Å²) in [5.41, 5.74) is -28.7. The Bertz CT molecular complexity index is 3430. The van der Waals surface area contributed by atoms with Crippen LogP contribution in [0.2, 0.25) is 5.79 Å². The second kappa shape index (κ2) is 25.3. The summed E-state index contributed by atoms with van der Waals surface area (Å²) >= 11 is 2.42. The minimum absolute atomic E-state index is 1.92. The van der Waals surface area contributed by atoms with Gasteiger partial charge in [0.05, 0.1) is 0 Å². The van der Waals surface area contributed by atoms with Gasteiger partial charge >= 0.3 is 22.1 Å². The van der Waals surface area contributed by atoms with Crippen molar-refractivity contribution in [2.24, 2.45) is 0 Å². The molecule has 8 aromatic carbocycles. The third kappa shape index (κ3) is 9.89. The van der Waals surface area contributed by atoms with E-state index in [1.165, 1.54) is 0 Å². The van der Waals surface area contributed by atoms with Crippen molar-refractivity contribution in [2.75, 3.05) is 0 Å². The van der Waals surface area contributed by atoms with Crippen molar-refractivity contribution in [1.82, 2.24) is 0 Å². The summed E-state index contributed by atoms with van der Waals surface area (Å²) in [7, 11) is 0. The molecule has 0 unspecified atom stereocenters. The van der Waals surface area contributed by atoms with Crippen LogP contribution in [0.25, 0.3) is 0 Å². The third-order valence-corrected chi connectivity index (χ3v) is 13.4. The molecule has 0 spiro atoms. The number of hydrogen-bond donors (Lipinski definition) is 0. The van der Waals surface area contributed by atoms with Crippen LogP contribution in [-0.2, 0) is 0 Å². The van der Waals surface area contributed by atoms with Crippen LogP contribution in [0, 0.1) is 233 Å². The molecule has 0 bridgehead atoms. The summed E-state index contributed by atoms with van der Waals surface area (Å²) in [5, 5.41) is 0. The van der Waals surface area contributed by atoms with E-state index < -0.39 is 289 Å². The van der Waals surface area contributed by atoms with Gasteiger partial charge in [0, 0.05) is 0 Å². The molecular weight excluding hydrogens is 1400 g/mol. The zero-order valence-corrected chi connectivity index (χ0v) is 43.0. The van der Waals surface area contributed by atoms with Gasteiger partial charge in [0.15, 0.2) is 140 Å². The quantitative estimate of drug-likeness (QED) is 0.0616. The van der Waals surface area contributed by atoms with Crippen molar-refractivity contribution in [3.63, 3.8) is 0 Å². The Morgan fingerprint density at radius 2 is 0.152 bits per heavy atom. The van der Waals surface area contributed by atoms with E-state index in [0.29, 0.717) is 0 Å². The predicted octanol–water partition coefficient (Wildman–Crippen LogP) is 11.9. The first-order valence-corrected chi connectivity index (χ1v) is 23.6. The summed E-state index contributed by atoms with van der Waals surface area (Å²) in [6, 6.07) is 0. The summed E-state index contributed by atoms with van der Waals surface area (Å²) in [6.45, 7) is 0. The second-order valence-corrected chi connectivity index (χ2v) is 17.6. The molecule has 0 amide bonds. The molecule has 0 aromatic heterocycles. The molecule has 0 heterocycles. The molecule has 8 rings (SSSR count). The van der Waals surface area contributed by atoms with Crippen molar-refractivity contribution in [2.45, 2.75) is 5.79 Å². The zero-order valence-electron chi connectivity index (χ0n) is 41.9. The van der Waals surface area contributed by atoms with Crippen molar-refractivity contribution in [1.29, 1.82) is 0 Å². The molecule has 0 nitrogen and oxygen atoms in total. The molecule has 43 heteroatoms. The molecule has 0 saturated carbocycles. The van der Waals surface area contributed by atoms with Gasteiger partial charge in [-0.3, -0.25) is 0 Å². The van der Waals surface area contributed by atoms with Crippen LogP contribution in [0.5, 0.6) is 0 Å². The van der Waals surface area contributed by atoms with E-state index in [1.807, 2.05) is 5.79 Å². The van der Waals surface area contributed by atoms with Crippen LogP contribution in [0.15, 0.2) is 0 Å². The summed E-state index contributed by atoms with van der Waals surface area (Å²) < 4.78 is 588. The molecular formula is C49H3AlB2F40. The molecule has 92 heavy (non-hydrogen) atoms. The van der Waals surface area contributed by atoms with Crippen LogP contribution >= 0.6 is 0 Å². The maximum atomic E-state index is 15.4. The van der Waals surface area contributed by atoms with E-state index in [4.69, 9.17) is 0 Å². The van der Waals surface area contributed by atoms with E-state index in [0.717, 1.165) is 0 Å². The molecule has 0 aliphatic heterocycles. The van der Waals surface area contributed by atoms with E-state index in [-0.39, 0.29) is 0 Å². The average molecular weight is 1400 g/mol. The van der Waals surface area contributed by atoms with Gasteiger partial charge in [-0.25, -0.2) is 176 Å². The van der Waals surface area contributed by atoms with Gasteiger partial charge in [0.2, 0.25) is 0 Å². The predicted molar refractivity (Wildman–Crippen MR) is 230 cm³/mol. The normalized spacial score (nSPS) is 11.8. The Hall–Kier alpha value is -8.38. The fourth-order valence-electron chi connectivity index (χ4n) is 9.75. The Balaban J connectivity index is 0.000000285. The first kappa shape index (κ1) is 72.7. The SMILES string of the molecule is Fc1c(F)c(F)c([B-](c2c(F)c(F)c(F)c(F)c2F)(c2c(F)c(F)c(F)c(F)c2F)c2c(F)c(F)c(F)c(F)c2F)c(F)c1F.Fc1c(F)c(F)c([B-](c2c(F)c(F)c(F)c(F)c2F)(c2c(F)c(F)c(F)c(F)c2F)c2c(F)c(F)c(F)c(F)c2F)c(F)c1F.[CH3][Al+2]. The fraction of sp³-hybridized carbons (Fsp3) is 0.0204. The van der Waals surface area contributed by atoms with E-state index in [9.17, 15) is 105 Å². The first-order valence-electron chi connectivity index (χ1n) is 22.4. The van der Waals surface area contributed by atoms with Crippen LogP contribution in [-0.4, -0.2) is 28.6 Å². The third-order valence-electron chi connectivity index (χ3n) is 13.4. The maximum absolute atomic E-state index is 15.4. The van der Waals surface area contributed by atoms with Crippen LogP contribution in [0.3, 0.4) is 0 Å². The molecule has 488 valence electrons. The van der Waals surface area contributed by atoms with Gasteiger partial charge in [-0.05, 0) is 0 Å². The summed E-state index contributed by atoms with van der Waals surface area (Å²) in [4.78, 5) is 0. The minimum atomic E-state index is -7.22. The Morgan fingerprint density at radius 3 is 0.207 bits per heavy atom. The van der Waals surface area contributed by atoms with Gasteiger partial charge in [-0.15, -0.1) is 43.7 Å². The molecule has 0 N–H and O–H groups in total. The van der Waals surface area contributed by atoms with Crippen molar-refractivity contribution in [3.8, 4) is 0 Å². The molecule has 8 aromatic rings. The Kier molecular flexibility index (Phi) is 20.0. The Labute approximate surface area is 485 Å². The van der Waals surface area contributed by atoms with Gasteiger partial charge < -0.3 is 0 Å². The van der Waals surface area contributed by atoms with Crippen LogP contribution in [0.1, 0.15) is 0 Å². The van der Waals surface area contributed by atoms with E-state index >= 15 is 70.2 Å². The van der Waals surface area contributed by atoms with Gasteiger partial charge in [0.25, 0.3) is 0 Å². The standard InChI is InChI=1S/2C24BF20.CH3.Al/c2*26-5-1(6(27)14(35)21(42)13(5)34)25(2-7(28)15(36)22(43)16(37)8(2)29,3-9(30)17(38)23(44)18(39)10(3)31)4-11(32)19(40)24(45)20(41)12(4)33;;/h;;1H3;/q2*-1;;+2. The number of benzene rings is 8.